The predicted molar refractivity (Wildman–Crippen MR) is 99.5 cm³/mol. The molecule has 24 heavy (non-hydrogen) atoms. The van der Waals surface area contributed by atoms with Crippen molar-refractivity contribution < 1.29 is 4.39 Å². The first-order valence-electron chi connectivity index (χ1n) is 9.64. The molecule has 0 unspecified atom stereocenters. The molecule has 4 rings (SSSR count). The van der Waals surface area contributed by atoms with Gasteiger partial charge in [-0.3, -0.25) is 9.80 Å². The summed E-state index contributed by atoms with van der Waals surface area (Å²) in [5.41, 5.74) is 1.23. The summed E-state index contributed by atoms with van der Waals surface area (Å²) in [5.74, 6) is 0.691. The van der Waals surface area contributed by atoms with Crippen molar-refractivity contribution in [1.82, 2.24) is 9.80 Å². The van der Waals surface area contributed by atoms with Crippen LogP contribution in [-0.4, -0.2) is 41.5 Å². The van der Waals surface area contributed by atoms with Crippen LogP contribution in [0.4, 0.5) is 4.39 Å². The minimum atomic E-state index is -0.164. The van der Waals surface area contributed by atoms with E-state index in [9.17, 15) is 4.39 Å². The topological polar surface area (TPSA) is 6.48 Å². The number of hydrogen-bond acceptors (Lipinski definition) is 2. The number of nitrogens with zero attached hydrogens (tertiary/aromatic N) is 2. The highest BCUT2D eigenvalue weighted by Crippen LogP contribution is 2.38. The largest absolute Gasteiger partial charge is 0.298 e. The number of halogens is 2. The molecule has 0 bridgehead atoms. The molecule has 132 valence electrons. The molecule has 0 N–H and O–H groups in total. The highest BCUT2D eigenvalue weighted by atomic mass is 79.9. The molecular weight excluding hydrogens is 367 g/mol. The van der Waals surface area contributed by atoms with Crippen LogP contribution < -0.4 is 0 Å². The van der Waals surface area contributed by atoms with Crippen LogP contribution in [0.15, 0.2) is 22.7 Å². The molecule has 2 saturated heterocycles. The molecule has 4 heteroatoms. The van der Waals surface area contributed by atoms with Crippen LogP contribution in [0.25, 0.3) is 0 Å². The Kier molecular flexibility index (Phi) is 5.26. The molecule has 0 aromatic heterocycles. The van der Waals surface area contributed by atoms with E-state index in [-0.39, 0.29) is 5.82 Å². The van der Waals surface area contributed by atoms with E-state index in [1.807, 2.05) is 12.1 Å². The van der Waals surface area contributed by atoms with Crippen molar-refractivity contribution in [3.63, 3.8) is 0 Å². The maximum absolute atomic E-state index is 13.6. The molecule has 1 saturated carbocycles. The van der Waals surface area contributed by atoms with Crippen molar-refractivity contribution in [2.45, 2.75) is 63.6 Å². The second kappa shape index (κ2) is 7.43. The lowest BCUT2D eigenvalue weighted by Gasteiger charge is -2.49. The fraction of sp³-hybridized carbons (Fsp3) is 0.700. The van der Waals surface area contributed by atoms with Gasteiger partial charge >= 0.3 is 0 Å². The molecule has 1 aliphatic carbocycles. The second-order valence-corrected chi connectivity index (χ2v) is 8.71. The molecule has 2 atom stereocenters. The summed E-state index contributed by atoms with van der Waals surface area (Å²) in [5, 5.41) is 0. The lowest BCUT2D eigenvalue weighted by molar-refractivity contribution is -0.00381. The van der Waals surface area contributed by atoms with Crippen molar-refractivity contribution >= 4 is 15.9 Å². The minimum Gasteiger partial charge on any atom is -0.298 e. The van der Waals surface area contributed by atoms with E-state index in [0.29, 0.717) is 10.5 Å². The van der Waals surface area contributed by atoms with E-state index in [0.717, 1.165) is 25.0 Å². The summed E-state index contributed by atoms with van der Waals surface area (Å²) >= 11 is 3.35. The molecule has 2 nitrogen and oxygen atoms in total. The van der Waals surface area contributed by atoms with E-state index in [4.69, 9.17) is 0 Å². The fourth-order valence-corrected chi connectivity index (χ4v) is 5.74. The van der Waals surface area contributed by atoms with Crippen LogP contribution in [0.5, 0.6) is 0 Å². The van der Waals surface area contributed by atoms with Gasteiger partial charge in [0.05, 0.1) is 4.47 Å². The van der Waals surface area contributed by atoms with Crippen molar-refractivity contribution in [1.29, 1.82) is 0 Å². The van der Waals surface area contributed by atoms with Gasteiger partial charge in [0.25, 0.3) is 0 Å². The normalized spacial score (nSPS) is 29.8. The highest BCUT2D eigenvalue weighted by molar-refractivity contribution is 9.10. The first-order chi connectivity index (χ1) is 11.7. The van der Waals surface area contributed by atoms with E-state index >= 15 is 0 Å². The van der Waals surface area contributed by atoms with Crippen LogP contribution in [-0.2, 0) is 6.54 Å². The van der Waals surface area contributed by atoms with Crippen molar-refractivity contribution in [3.8, 4) is 0 Å². The molecule has 3 fully saturated rings. The Balaban J connectivity index is 1.55. The van der Waals surface area contributed by atoms with Crippen LogP contribution >= 0.6 is 15.9 Å². The highest BCUT2D eigenvalue weighted by Gasteiger charge is 2.42. The number of fused-ring (bicyclic) bond motifs is 1. The third-order valence-corrected chi connectivity index (χ3v) is 7.01. The SMILES string of the molecule is Fc1ccc(CN2CCN3CCC[C@H]3[C@@H]2C2CCCCC2)cc1Br. The van der Waals surface area contributed by atoms with Gasteiger partial charge in [-0.1, -0.05) is 25.3 Å². The summed E-state index contributed by atoms with van der Waals surface area (Å²) in [6, 6.07) is 6.98. The molecule has 1 aromatic carbocycles. The lowest BCUT2D eigenvalue weighted by atomic mass is 9.78. The maximum Gasteiger partial charge on any atom is 0.137 e. The van der Waals surface area contributed by atoms with Crippen LogP contribution in [0, 0.1) is 11.7 Å². The molecule has 1 aromatic rings. The summed E-state index contributed by atoms with van der Waals surface area (Å²) in [6.45, 7) is 4.62. The number of piperazine rings is 1. The Labute approximate surface area is 153 Å². The number of hydrogen-bond donors (Lipinski definition) is 0. The standard InChI is InChI=1S/C20H28BrFN2/c21-17-13-15(8-9-18(17)22)14-24-12-11-23-10-4-7-19(23)20(24)16-5-2-1-3-6-16/h8-9,13,16,19-20H,1-7,10-12,14H2/t19-,20-/m0/s1. The molecule has 2 aliphatic heterocycles. The van der Waals surface area contributed by atoms with Gasteiger partial charge < -0.3 is 0 Å². The zero-order chi connectivity index (χ0) is 16.5. The van der Waals surface area contributed by atoms with E-state index in [1.54, 1.807) is 6.07 Å². The quantitative estimate of drug-likeness (QED) is 0.724. The zero-order valence-corrected chi connectivity index (χ0v) is 16.0. The molecule has 2 heterocycles. The van der Waals surface area contributed by atoms with Gasteiger partial charge in [0.15, 0.2) is 0 Å². The van der Waals surface area contributed by atoms with E-state index < -0.39 is 0 Å². The third kappa shape index (κ3) is 3.42. The Bertz CT molecular complexity index is 573. The average Bonchev–Trinajstić information content (AvgIpc) is 3.07. The van der Waals surface area contributed by atoms with Gasteiger partial charge in [-0.25, -0.2) is 4.39 Å². The Hall–Kier alpha value is -0.450. The molecule has 0 radical (unpaired) electrons. The van der Waals surface area contributed by atoms with Gasteiger partial charge in [0.1, 0.15) is 5.82 Å². The monoisotopic (exact) mass is 394 g/mol. The van der Waals surface area contributed by atoms with Crippen LogP contribution in [0.3, 0.4) is 0 Å². The Morgan fingerprint density at radius 2 is 1.83 bits per heavy atom. The molecule has 0 amide bonds. The first-order valence-corrected chi connectivity index (χ1v) is 10.4. The van der Waals surface area contributed by atoms with Crippen molar-refractivity contribution in [2.75, 3.05) is 19.6 Å². The second-order valence-electron chi connectivity index (χ2n) is 7.85. The molecular formula is C20H28BrFN2. The Morgan fingerprint density at radius 3 is 2.62 bits per heavy atom. The van der Waals surface area contributed by atoms with Crippen LogP contribution in [0.2, 0.25) is 0 Å². The summed E-state index contributed by atoms with van der Waals surface area (Å²) in [4.78, 5) is 5.47. The van der Waals surface area contributed by atoms with E-state index in [2.05, 4.69) is 25.7 Å². The minimum absolute atomic E-state index is 0.164. The smallest absolute Gasteiger partial charge is 0.137 e. The van der Waals surface area contributed by atoms with Crippen LogP contribution in [0.1, 0.15) is 50.5 Å². The van der Waals surface area contributed by atoms with Gasteiger partial charge in [-0.05, 0) is 71.8 Å². The van der Waals surface area contributed by atoms with Crippen molar-refractivity contribution in [3.05, 3.63) is 34.1 Å². The summed E-state index contributed by atoms with van der Waals surface area (Å²) < 4.78 is 14.1. The maximum atomic E-state index is 13.6. The van der Waals surface area contributed by atoms with Gasteiger partial charge in [-0.15, -0.1) is 0 Å². The molecule has 0 spiro atoms. The zero-order valence-electron chi connectivity index (χ0n) is 14.4. The first kappa shape index (κ1) is 17.0. The van der Waals surface area contributed by atoms with E-state index in [1.165, 1.54) is 63.6 Å². The Morgan fingerprint density at radius 1 is 1.00 bits per heavy atom. The fourth-order valence-electron chi connectivity index (χ4n) is 5.31. The van der Waals surface area contributed by atoms with Crippen molar-refractivity contribution in [2.24, 2.45) is 5.92 Å². The number of rotatable bonds is 3. The number of benzene rings is 1. The predicted octanol–water partition coefficient (Wildman–Crippen LogP) is 4.82. The summed E-state index contributed by atoms with van der Waals surface area (Å²) in [7, 11) is 0. The average molecular weight is 395 g/mol. The molecule has 3 aliphatic rings. The van der Waals surface area contributed by atoms with Gasteiger partial charge in [0.2, 0.25) is 0 Å². The lowest BCUT2D eigenvalue weighted by Crippen LogP contribution is -2.59. The van der Waals surface area contributed by atoms with Gasteiger partial charge in [0, 0.05) is 31.7 Å². The summed E-state index contributed by atoms with van der Waals surface area (Å²) in [6.07, 6.45) is 9.77. The third-order valence-electron chi connectivity index (χ3n) is 6.41. The van der Waals surface area contributed by atoms with Gasteiger partial charge in [-0.2, -0.15) is 0 Å².